The molecule has 0 saturated heterocycles. The van der Waals surface area contributed by atoms with Crippen molar-refractivity contribution < 1.29 is 9.53 Å². The number of aryl methyl sites for hydroxylation is 1. The van der Waals surface area contributed by atoms with Crippen molar-refractivity contribution in [3.05, 3.63) is 89.2 Å². The molecule has 6 nitrogen and oxygen atoms in total. The van der Waals surface area contributed by atoms with Gasteiger partial charge in [-0.15, -0.1) is 5.10 Å². The lowest BCUT2D eigenvalue weighted by atomic mass is 10.1. The van der Waals surface area contributed by atoms with Crippen molar-refractivity contribution in [2.45, 2.75) is 20.3 Å². The molecule has 0 unspecified atom stereocenters. The van der Waals surface area contributed by atoms with Gasteiger partial charge in [-0.1, -0.05) is 30.7 Å². The van der Waals surface area contributed by atoms with E-state index in [9.17, 15) is 4.79 Å². The Bertz CT molecular complexity index is 1200. The van der Waals surface area contributed by atoms with Crippen LogP contribution in [0.5, 0.6) is 5.75 Å². The predicted octanol–water partition coefficient (Wildman–Crippen LogP) is 5.80. The smallest absolute Gasteiger partial charge is 0.295 e. The number of ether oxygens (including phenoxy) is 1. The third kappa shape index (κ3) is 4.81. The maximum absolute atomic E-state index is 12.9. The van der Waals surface area contributed by atoms with Gasteiger partial charge >= 0.3 is 0 Å². The molecule has 0 fully saturated rings. The number of halogens is 1. The number of aromatic nitrogens is 3. The summed E-state index contributed by atoms with van der Waals surface area (Å²) in [5.74, 6) is 0.993. The van der Waals surface area contributed by atoms with Crippen LogP contribution in [0.15, 0.2) is 72.8 Å². The number of carbonyl (C=O) groups is 1. The fraction of sp³-hybridized carbons (Fsp3) is 0.160. The Labute approximate surface area is 191 Å². The highest BCUT2D eigenvalue weighted by molar-refractivity contribution is 6.30. The van der Waals surface area contributed by atoms with E-state index < -0.39 is 0 Å². The molecule has 0 bridgehead atoms. The average molecular weight is 447 g/mol. The van der Waals surface area contributed by atoms with Crippen molar-refractivity contribution >= 4 is 23.2 Å². The minimum Gasteiger partial charge on any atom is -0.494 e. The Morgan fingerprint density at radius 3 is 2.28 bits per heavy atom. The molecule has 4 rings (SSSR count). The summed E-state index contributed by atoms with van der Waals surface area (Å²) >= 11 is 6.05. The maximum atomic E-state index is 12.9. The molecule has 32 heavy (non-hydrogen) atoms. The van der Waals surface area contributed by atoms with E-state index in [1.165, 1.54) is 5.56 Å². The second kappa shape index (κ2) is 9.66. The number of nitrogens with zero attached hydrogens (tertiary/aromatic N) is 3. The van der Waals surface area contributed by atoms with Crippen LogP contribution in [0.2, 0.25) is 5.02 Å². The van der Waals surface area contributed by atoms with Gasteiger partial charge in [-0.3, -0.25) is 4.79 Å². The Morgan fingerprint density at radius 1 is 0.969 bits per heavy atom. The van der Waals surface area contributed by atoms with Gasteiger partial charge in [0.1, 0.15) is 5.75 Å². The standard InChI is InChI=1S/C25H23ClN4O2/c1-3-17-5-11-20(12-6-17)27-25(31)23-28-24(18-7-9-19(26)10-8-18)30(29-23)21-13-15-22(16-14-21)32-4-2/h5-16H,3-4H2,1-2H3,(H,27,31). The van der Waals surface area contributed by atoms with E-state index in [4.69, 9.17) is 16.3 Å². The summed E-state index contributed by atoms with van der Waals surface area (Å²) < 4.78 is 7.17. The zero-order valence-corrected chi connectivity index (χ0v) is 18.6. The molecule has 0 aliphatic rings. The third-order valence-corrected chi connectivity index (χ3v) is 5.18. The fourth-order valence-corrected chi connectivity index (χ4v) is 3.36. The van der Waals surface area contributed by atoms with Gasteiger partial charge in [0, 0.05) is 16.3 Å². The van der Waals surface area contributed by atoms with Gasteiger partial charge in [0.2, 0.25) is 5.82 Å². The first kappa shape index (κ1) is 21.6. The zero-order valence-electron chi connectivity index (χ0n) is 17.9. The molecule has 1 amide bonds. The van der Waals surface area contributed by atoms with Gasteiger partial charge in [-0.05, 0) is 79.6 Å². The van der Waals surface area contributed by atoms with E-state index in [1.54, 1.807) is 16.8 Å². The van der Waals surface area contributed by atoms with Crippen molar-refractivity contribution in [2.24, 2.45) is 0 Å². The summed E-state index contributed by atoms with van der Waals surface area (Å²) in [6, 6.07) is 22.5. The van der Waals surface area contributed by atoms with Crippen molar-refractivity contribution in [3.8, 4) is 22.8 Å². The Kier molecular flexibility index (Phi) is 6.52. The van der Waals surface area contributed by atoms with Gasteiger partial charge in [0.05, 0.1) is 12.3 Å². The Morgan fingerprint density at radius 2 is 1.66 bits per heavy atom. The van der Waals surface area contributed by atoms with E-state index >= 15 is 0 Å². The summed E-state index contributed by atoms with van der Waals surface area (Å²) in [7, 11) is 0. The first-order valence-electron chi connectivity index (χ1n) is 10.4. The number of carbonyl (C=O) groups excluding carboxylic acids is 1. The van der Waals surface area contributed by atoms with Crippen LogP contribution in [-0.4, -0.2) is 27.3 Å². The zero-order chi connectivity index (χ0) is 22.5. The quantitative estimate of drug-likeness (QED) is 0.389. The van der Waals surface area contributed by atoms with Gasteiger partial charge in [0.15, 0.2) is 5.82 Å². The first-order chi connectivity index (χ1) is 15.6. The summed E-state index contributed by atoms with van der Waals surface area (Å²) in [6.45, 7) is 4.61. The summed E-state index contributed by atoms with van der Waals surface area (Å²) in [5, 5.41) is 7.99. The molecule has 0 aliphatic carbocycles. The van der Waals surface area contributed by atoms with Gasteiger partial charge in [-0.25, -0.2) is 9.67 Å². The van der Waals surface area contributed by atoms with Crippen LogP contribution in [0.1, 0.15) is 30.0 Å². The SMILES string of the molecule is CCOc1ccc(-n2nc(C(=O)Nc3ccc(CC)cc3)nc2-c2ccc(Cl)cc2)cc1. The highest BCUT2D eigenvalue weighted by Crippen LogP contribution is 2.24. The second-order valence-electron chi connectivity index (χ2n) is 7.11. The van der Waals surface area contributed by atoms with Crippen molar-refractivity contribution in [3.63, 3.8) is 0 Å². The number of hydrogen-bond acceptors (Lipinski definition) is 4. The van der Waals surface area contributed by atoms with Crippen molar-refractivity contribution in [2.75, 3.05) is 11.9 Å². The summed E-state index contributed by atoms with van der Waals surface area (Å²) in [5.41, 5.74) is 3.45. The van der Waals surface area contributed by atoms with Crippen LogP contribution >= 0.6 is 11.6 Å². The number of benzene rings is 3. The minimum atomic E-state index is -0.380. The van der Waals surface area contributed by atoms with E-state index in [0.717, 1.165) is 23.4 Å². The summed E-state index contributed by atoms with van der Waals surface area (Å²) in [4.78, 5) is 17.4. The number of hydrogen-bond donors (Lipinski definition) is 1. The van der Waals surface area contributed by atoms with E-state index in [0.29, 0.717) is 23.1 Å². The van der Waals surface area contributed by atoms with Gasteiger partial charge in [0.25, 0.3) is 5.91 Å². The van der Waals surface area contributed by atoms with E-state index in [-0.39, 0.29) is 11.7 Å². The normalized spacial score (nSPS) is 10.7. The lowest BCUT2D eigenvalue weighted by Gasteiger charge is -2.08. The lowest BCUT2D eigenvalue weighted by molar-refractivity contribution is 0.101. The lowest BCUT2D eigenvalue weighted by Crippen LogP contribution is -2.14. The van der Waals surface area contributed by atoms with Crippen LogP contribution in [-0.2, 0) is 6.42 Å². The van der Waals surface area contributed by atoms with Crippen molar-refractivity contribution in [1.82, 2.24) is 14.8 Å². The number of amides is 1. The van der Waals surface area contributed by atoms with Crippen LogP contribution in [0.4, 0.5) is 5.69 Å². The molecular formula is C25H23ClN4O2. The van der Waals surface area contributed by atoms with Crippen LogP contribution < -0.4 is 10.1 Å². The highest BCUT2D eigenvalue weighted by Gasteiger charge is 2.19. The fourth-order valence-electron chi connectivity index (χ4n) is 3.24. The monoisotopic (exact) mass is 446 g/mol. The molecule has 0 spiro atoms. The van der Waals surface area contributed by atoms with E-state index in [1.807, 2.05) is 67.6 Å². The maximum Gasteiger partial charge on any atom is 0.295 e. The molecule has 0 aliphatic heterocycles. The largest absolute Gasteiger partial charge is 0.494 e. The number of nitrogens with one attached hydrogen (secondary N) is 1. The predicted molar refractivity (Wildman–Crippen MR) is 127 cm³/mol. The van der Waals surface area contributed by atoms with Crippen molar-refractivity contribution in [1.29, 1.82) is 0 Å². The molecule has 1 heterocycles. The van der Waals surface area contributed by atoms with Crippen LogP contribution in [0.3, 0.4) is 0 Å². The van der Waals surface area contributed by atoms with Gasteiger partial charge in [-0.2, -0.15) is 0 Å². The average Bonchev–Trinajstić information content (AvgIpc) is 3.26. The molecule has 162 valence electrons. The molecule has 1 aromatic heterocycles. The molecule has 7 heteroatoms. The molecule has 0 atom stereocenters. The highest BCUT2D eigenvalue weighted by atomic mass is 35.5. The summed E-state index contributed by atoms with van der Waals surface area (Å²) in [6.07, 6.45) is 0.937. The topological polar surface area (TPSA) is 69.0 Å². The van der Waals surface area contributed by atoms with Gasteiger partial charge < -0.3 is 10.1 Å². The van der Waals surface area contributed by atoms with E-state index in [2.05, 4.69) is 22.3 Å². The Balaban J connectivity index is 1.69. The molecule has 3 aromatic carbocycles. The first-order valence-corrected chi connectivity index (χ1v) is 10.8. The molecule has 0 radical (unpaired) electrons. The third-order valence-electron chi connectivity index (χ3n) is 4.93. The molecular weight excluding hydrogens is 424 g/mol. The minimum absolute atomic E-state index is 0.0726. The second-order valence-corrected chi connectivity index (χ2v) is 7.55. The van der Waals surface area contributed by atoms with Crippen LogP contribution in [0.25, 0.3) is 17.1 Å². The molecule has 0 saturated carbocycles. The molecule has 1 N–H and O–H groups in total. The Hall–Kier alpha value is -3.64. The number of anilines is 1. The number of rotatable bonds is 7. The molecule has 4 aromatic rings. The van der Waals surface area contributed by atoms with Crippen LogP contribution in [0, 0.1) is 0 Å².